The quantitative estimate of drug-likeness (QED) is 0.197. The van der Waals surface area contributed by atoms with Crippen molar-refractivity contribution in [2.75, 3.05) is 20.1 Å². The second-order valence-corrected chi connectivity index (χ2v) is 2.72. The molecule has 1 amide bonds. The lowest BCUT2D eigenvalue weighted by atomic mass is 10.4. The number of nitrogens with two attached hydrogens (primary N) is 1. The lowest BCUT2D eigenvalue weighted by Crippen LogP contribution is -2.42. The Morgan fingerprint density at radius 3 is 2.71 bits per heavy atom. The fourth-order valence-corrected chi connectivity index (χ4v) is 0.796. The van der Waals surface area contributed by atoms with Gasteiger partial charge in [0.15, 0.2) is 0 Å². The Bertz CT molecular complexity index is 192. The number of amides is 1. The highest BCUT2D eigenvalue weighted by molar-refractivity contribution is 5.80. The summed E-state index contributed by atoms with van der Waals surface area (Å²) < 4.78 is 0. The predicted molar refractivity (Wildman–Crippen MR) is 56.6 cm³/mol. The maximum absolute atomic E-state index is 10.9. The molecule has 0 saturated carbocycles. The molecule has 6 heteroatoms. The number of carbonyl (C=O) groups excluding carboxylic acids is 1. The first-order valence-electron chi connectivity index (χ1n) is 4.70. The number of hydrogen-bond donors (Lipinski definition) is 4. The van der Waals surface area contributed by atoms with Gasteiger partial charge in [0.05, 0.1) is 0 Å². The first-order valence-corrected chi connectivity index (χ1v) is 4.70. The van der Waals surface area contributed by atoms with E-state index < -0.39 is 0 Å². The van der Waals surface area contributed by atoms with Gasteiger partial charge in [0, 0.05) is 26.6 Å². The molecule has 0 saturated heterocycles. The van der Waals surface area contributed by atoms with Crippen molar-refractivity contribution in [2.45, 2.75) is 19.8 Å². The van der Waals surface area contributed by atoms with Crippen LogP contribution < -0.4 is 21.9 Å². The third-order valence-corrected chi connectivity index (χ3v) is 1.55. The highest BCUT2D eigenvalue weighted by Crippen LogP contribution is 1.79. The second kappa shape index (κ2) is 8.31. The number of nitrogens with zero attached hydrogens (tertiary/aromatic N) is 1. The summed E-state index contributed by atoms with van der Waals surface area (Å²) in [6.45, 7) is 3.26. The van der Waals surface area contributed by atoms with Crippen LogP contribution in [-0.4, -0.2) is 32.0 Å². The normalized spacial score (nSPS) is 10.9. The molecular weight excluding hydrogens is 182 g/mol. The fourth-order valence-electron chi connectivity index (χ4n) is 0.796. The Morgan fingerprint density at radius 1 is 1.50 bits per heavy atom. The summed E-state index contributed by atoms with van der Waals surface area (Å²) in [5.41, 5.74) is 2.44. The van der Waals surface area contributed by atoms with Gasteiger partial charge in [-0.15, -0.1) is 0 Å². The topological polar surface area (TPSA) is 91.5 Å². The molecule has 0 rings (SSSR count). The van der Waals surface area contributed by atoms with Gasteiger partial charge in [-0.3, -0.25) is 15.2 Å². The minimum Gasteiger partial charge on any atom is -0.359 e. The van der Waals surface area contributed by atoms with Gasteiger partial charge in [0.2, 0.25) is 11.9 Å². The Hall–Kier alpha value is -1.30. The van der Waals surface area contributed by atoms with Gasteiger partial charge in [0.1, 0.15) is 0 Å². The summed E-state index contributed by atoms with van der Waals surface area (Å²) in [6.07, 6.45) is 1.37. The van der Waals surface area contributed by atoms with Crippen LogP contribution in [0.5, 0.6) is 0 Å². The standard InChI is InChI=1S/C8H19N5O/c1-3-5-11-8(13-9)12-6-4-7(14)10-2/h3-6,9H2,1-2H3,(H,10,14)(H2,11,12,13). The van der Waals surface area contributed by atoms with Gasteiger partial charge in [-0.1, -0.05) is 6.92 Å². The largest absolute Gasteiger partial charge is 0.359 e. The molecule has 0 aliphatic rings. The average Bonchev–Trinajstić information content (AvgIpc) is 2.22. The Balaban J connectivity index is 3.67. The van der Waals surface area contributed by atoms with Crippen molar-refractivity contribution in [3.63, 3.8) is 0 Å². The van der Waals surface area contributed by atoms with Crippen LogP contribution in [0.2, 0.25) is 0 Å². The molecule has 0 aromatic heterocycles. The molecule has 14 heavy (non-hydrogen) atoms. The number of rotatable bonds is 5. The minimum absolute atomic E-state index is 0.00985. The smallest absolute Gasteiger partial charge is 0.221 e. The Kier molecular flexibility index (Phi) is 7.53. The van der Waals surface area contributed by atoms with E-state index in [0.717, 1.165) is 6.42 Å². The van der Waals surface area contributed by atoms with E-state index >= 15 is 0 Å². The lowest BCUT2D eigenvalue weighted by molar-refractivity contribution is -0.120. The number of guanidine groups is 1. The third kappa shape index (κ3) is 6.24. The van der Waals surface area contributed by atoms with Crippen molar-refractivity contribution in [2.24, 2.45) is 10.8 Å². The Labute approximate surface area is 84.3 Å². The monoisotopic (exact) mass is 201 g/mol. The Morgan fingerprint density at radius 2 is 2.21 bits per heavy atom. The molecule has 0 radical (unpaired) electrons. The van der Waals surface area contributed by atoms with E-state index in [1.807, 2.05) is 6.92 Å². The van der Waals surface area contributed by atoms with Crippen LogP contribution in [0.3, 0.4) is 0 Å². The molecule has 0 aliphatic heterocycles. The molecule has 6 nitrogen and oxygen atoms in total. The van der Waals surface area contributed by atoms with Crippen LogP contribution in [-0.2, 0) is 4.79 Å². The maximum Gasteiger partial charge on any atom is 0.221 e. The average molecular weight is 201 g/mol. The van der Waals surface area contributed by atoms with Crippen LogP contribution in [0.4, 0.5) is 0 Å². The first-order chi connectivity index (χ1) is 6.74. The van der Waals surface area contributed by atoms with Crippen molar-refractivity contribution in [1.29, 1.82) is 0 Å². The molecule has 0 atom stereocenters. The van der Waals surface area contributed by atoms with E-state index in [-0.39, 0.29) is 5.91 Å². The van der Waals surface area contributed by atoms with Crippen molar-refractivity contribution in [1.82, 2.24) is 16.1 Å². The van der Waals surface area contributed by atoms with Crippen LogP contribution in [0.15, 0.2) is 4.99 Å². The molecule has 0 bridgehead atoms. The zero-order chi connectivity index (χ0) is 10.8. The van der Waals surface area contributed by atoms with Gasteiger partial charge in [-0.05, 0) is 6.42 Å². The van der Waals surface area contributed by atoms with Crippen LogP contribution in [0.25, 0.3) is 0 Å². The second-order valence-electron chi connectivity index (χ2n) is 2.72. The minimum atomic E-state index is -0.00985. The van der Waals surface area contributed by atoms with Crippen LogP contribution in [0.1, 0.15) is 19.8 Å². The van der Waals surface area contributed by atoms with Crippen molar-refractivity contribution < 1.29 is 4.79 Å². The first kappa shape index (κ1) is 12.7. The molecule has 0 fully saturated rings. The molecular formula is C8H19N5O. The van der Waals surface area contributed by atoms with E-state index in [1.165, 1.54) is 0 Å². The summed E-state index contributed by atoms with van der Waals surface area (Å²) in [4.78, 5) is 15.0. The molecule has 0 unspecified atom stereocenters. The molecule has 82 valence electrons. The van der Waals surface area contributed by atoms with E-state index in [9.17, 15) is 4.79 Å². The number of aliphatic imine (C=N–C) groups is 1. The van der Waals surface area contributed by atoms with Gasteiger partial charge in [0.25, 0.3) is 0 Å². The predicted octanol–water partition coefficient (Wildman–Crippen LogP) is -1.06. The summed E-state index contributed by atoms with van der Waals surface area (Å²) in [6, 6.07) is 0. The van der Waals surface area contributed by atoms with Gasteiger partial charge in [-0.2, -0.15) is 0 Å². The third-order valence-electron chi connectivity index (χ3n) is 1.55. The van der Waals surface area contributed by atoms with E-state index in [0.29, 0.717) is 25.5 Å². The number of hydrogen-bond acceptors (Lipinski definition) is 3. The molecule has 0 aliphatic carbocycles. The van der Waals surface area contributed by atoms with Gasteiger partial charge in [-0.25, -0.2) is 5.84 Å². The zero-order valence-corrected chi connectivity index (χ0v) is 8.76. The SMILES string of the molecule is CCCN=C(NN)NCCC(=O)NC. The highest BCUT2D eigenvalue weighted by Gasteiger charge is 1.98. The fraction of sp³-hybridized carbons (Fsp3) is 0.750. The summed E-state index contributed by atoms with van der Waals surface area (Å²) in [5.74, 6) is 5.73. The molecule has 0 aromatic carbocycles. The number of carbonyl (C=O) groups is 1. The van der Waals surface area contributed by atoms with Crippen molar-refractivity contribution >= 4 is 11.9 Å². The van der Waals surface area contributed by atoms with E-state index in [4.69, 9.17) is 5.84 Å². The van der Waals surface area contributed by atoms with Gasteiger partial charge >= 0.3 is 0 Å². The molecule has 0 aromatic rings. The number of hydrazine groups is 1. The summed E-state index contributed by atoms with van der Waals surface area (Å²) in [7, 11) is 1.61. The summed E-state index contributed by atoms with van der Waals surface area (Å²) in [5, 5.41) is 5.45. The highest BCUT2D eigenvalue weighted by atomic mass is 16.1. The van der Waals surface area contributed by atoms with Crippen molar-refractivity contribution in [3.05, 3.63) is 0 Å². The molecule has 0 heterocycles. The van der Waals surface area contributed by atoms with Crippen molar-refractivity contribution in [3.8, 4) is 0 Å². The molecule has 0 spiro atoms. The van der Waals surface area contributed by atoms with E-state index in [2.05, 4.69) is 21.1 Å². The van der Waals surface area contributed by atoms with Gasteiger partial charge < -0.3 is 10.6 Å². The maximum atomic E-state index is 10.9. The lowest BCUT2D eigenvalue weighted by Gasteiger charge is -2.07. The van der Waals surface area contributed by atoms with E-state index in [1.54, 1.807) is 7.05 Å². The van der Waals surface area contributed by atoms with Crippen LogP contribution >= 0.6 is 0 Å². The van der Waals surface area contributed by atoms with Crippen LogP contribution in [0, 0.1) is 0 Å². The number of nitrogens with one attached hydrogen (secondary N) is 3. The summed E-state index contributed by atoms with van der Waals surface area (Å²) >= 11 is 0. The zero-order valence-electron chi connectivity index (χ0n) is 8.76. The molecule has 5 N–H and O–H groups in total.